The van der Waals surface area contributed by atoms with Crippen molar-refractivity contribution >= 4 is 63.8 Å². The second-order valence-electron chi connectivity index (χ2n) is 11.8. The maximum atomic E-state index is 15.0. The van der Waals surface area contributed by atoms with Crippen molar-refractivity contribution in [1.29, 1.82) is 0 Å². The number of aryl methyl sites for hydroxylation is 2. The molecular weight excluding hydrogens is 715 g/mol. The first kappa shape index (κ1) is 40.7. The van der Waals surface area contributed by atoms with E-state index in [1.165, 1.54) is 6.92 Å². The highest BCUT2D eigenvalue weighted by atomic mass is 35.5. The van der Waals surface area contributed by atoms with E-state index in [2.05, 4.69) is 24.8 Å². The molecule has 0 aliphatic carbocycles. The van der Waals surface area contributed by atoms with Crippen LogP contribution in [0.1, 0.15) is 89.7 Å². The number of halogens is 6. The SMILES string of the molecule is COC(=O)c1cc(F)c(Cl)c(F)c1N(C(C)=O)c1c(C)ccnc1C(C)C.COC(=O)c1cc(F)c(Cl)c(F)c1Nc1c(C)ccnc1C(C)C. The molecule has 272 valence electrons. The zero-order valence-corrected chi connectivity index (χ0v) is 30.8. The minimum absolute atomic E-state index is 0.0490. The van der Waals surface area contributed by atoms with Crippen molar-refractivity contribution in [3.8, 4) is 0 Å². The summed E-state index contributed by atoms with van der Waals surface area (Å²) in [4.78, 5) is 46.2. The first-order valence-corrected chi connectivity index (χ1v) is 16.1. The monoisotopic (exact) mass is 750 g/mol. The van der Waals surface area contributed by atoms with Gasteiger partial charge in [-0.15, -0.1) is 0 Å². The fraction of sp³-hybridized carbons (Fsp3) is 0.306. The number of nitrogens with zero attached hydrogens (tertiary/aromatic N) is 3. The van der Waals surface area contributed by atoms with E-state index in [4.69, 9.17) is 23.2 Å². The molecule has 4 aromatic rings. The highest BCUT2D eigenvalue weighted by molar-refractivity contribution is 6.32. The molecule has 51 heavy (non-hydrogen) atoms. The zero-order valence-electron chi connectivity index (χ0n) is 29.3. The largest absolute Gasteiger partial charge is 0.465 e. The molecule has 0 aliphatic rings. The van der Waals surface area contributed by atoms with Gasteiger partial charge in [0.25, 0.3) is 0 Å². The van der Waals surface area contributed by atoms with Crippen LogP contribution in [0.15, 0.2) is 36.7 Å². The Balaban J connectivity index is 0.000000277. The molecule has 15 heteroatoms. The molecule has 4 rings (SSSR count). The third-order valence-corrected chi connectivity index (χ3v) is 8.25. The molecule has 0 aliphatic heterocycles. The second kappa shape index (κ2) is 17.0. The average molecular weight is 752 g/mol. The van der Waals surface area contributed by atoms with Crippen molar-refractivity contribution in [1.82, 2.24) is 9.97 Å². The van der Waals surface area contributed by atoms with Crippen molar-refractivity contribution in [2.75, 3.05) is 24.4 Å². The Morgan fingerprint density at radius 2 is 1.20 bits per heavy atom. The second-order valence-corrected chi connectivity index (χ2v) is 12.6. The Hall–Kier alpha value is -4.75. The first-order chi connectivity index (χ1) is 23.9. The fourth-order valence-electron chi connectivity index (χ4n) is 5.07. The summed E-state index contributed by atoms with van der Waals surface area (Å²) >= 11 is 11.4. The van der Waals surface area contributed by atoms with Crippen LogP contribution in [0.4, 0.5) is 40.3 Å². The molecule has 2 heterocycles. The Morgan fingerprint density at radius 1 is 0.725 bits per heavy atom. The van der Waals surface area contributed by atoms with Gasteiger partial charge in [0.05, 0.1) is 53.8 Å². The number of amides is 1. The molecule has 0 saturated heterocycles. The Kier molecular flexibility index (Phi) is 13.5. The van der Waals surface area contributed by atoms with Gasteiger partial charge in [-0.3, -0.25) is 19.7 Å². The topological polar surface area (TPSA) is 111 Å². The van der Waals surface area contributed by atoms with Gasteiger partial charge in [0, 0.05) is 19.3 Å². The van der Waals surface area contributed by atoms with E-state index >= 15 is 0 Å². The number of benzene rings is 2. The summed E-state index contributed by atoms with van der Waals surface area (Å²) in [6.45, 7) is 12.3. The van der Waals surface area contributed by atoms with E-state index in [9.17, 15) is 31.9 Å². The number of aromatic nitrogens is 2. The van der Waals surface area contributed by atoms with Gasteiger partial charge < -0.3 is 14.8 Å². The molecule has 0 saturated carbocycles. The van der Waals surface area contributed by atoms with Gasteiger partial charge in [0.15, 0.2) is 11.6 Å². The number of esters is 2. The molecule has 0 unspecified atom stereocenters. The standard InChI is InChI=1S/C19H19ClF2N2O3.C17H17ClF2N2O2/c1-9(2)16-17(10(3)6-7-23-16)24(11(4)25)18-12(19(26)27-5)8-13(21)14(20)15(18)22;1-8(2)14-15(9(3)5-6-21-14)22-16-10(17(23)24-4)7-11(19)12(18)13(16)20/h6-9H,1-5H3;5-8,22H,1-4H3. The zero-order chi connectivity index (χ0) is 38.5. The lowest BCUT2D eigenvalue weighted by Gasteiger charge is -2.28. The van der Waals surface area contributed by atoms with Gasteiger partial charge in [-0.05, 0) is 61.1 Å². The van der Waals surface area contributed by atoms with Crippen LogP contribution in [0.5, 0.6) is 0 Å². The Morgan fingerprint density at radius 3 is 1.71 bits per heavy atom. The van der Waals surface area contributed by atoms with E-state index in [0.717, 1.165) is 36.8 Å². The van der Waals surface area contributed by atoms with Crippen LogP contribution in [-0.4, -0.2) is 42.0 Å². The van der Waals surface area contributed by atoms with Crippen molar-refractivity contribution in [3.63, 3.8) is 0 Å². The maximum Gasteiger partial charge on any atom is 0.340 e. The first-order valence-electron chi connectivity index (χ1n) is 15.4. The number of carbonyl (C=O) groups is 3. The Labute approximate surface area is 302 Å². The molecule has 9 nitrogen and oxygen atoms in total. The third kappa shape index (κ3) is 8.59. The average Bonchev–Trinajstić information content (AvgIpc) is 3.08. The van der Waals surface area contributed by atoms with Crippen molar-refractivity contribution < 1.29 is 41.4 Å². The van der Waals surface area contributed by atoms with Crippen LogP contribution in [0.25, 0.3) is 0 Å². The van der Waals surface area contributed by atoms with E-state index < -0.39 is 62.4 Å². The smallest absolute Gasteiger partial charge is 0.340 e. The number of anilines is 4. The molecule has 1 N–H and O–H groups in total. The van der Waals surface area contributed by atoms with Crippen LogP contribution in [0.3, 0.4) is 0 Å². The van der Waals surface area contributed by atoms with Crippen LogP contribution >= 0.6 is 23.2 Å². The summed E-state index contributed by atoms with van der Waals surface area (Å²) in [6.07, 6.45) is 3.22. The highest BCUT2D eigenvalue weighted by Crippen LogP contribution is 2.41. The minimum atomic E-state index is -1.23. The van der Waals surface area contributed by atoms with Gasteiger partial charge in [-0.1, -0.05) is 50.9 Å². The highest BCUT2D eigenvalue weighted by Gasteiger charge is 2.32. The number of ether oxygens (including phenoxy) is 2. The fourth-order valence-corrected chi connectivity index (χ4v) is 5.37. The van der Waals surface area contributed by atoms with E-state index in [1.807, 2.05) is 34.6 Å². The number of hydrogen-bond donors (Lipinski definition) is 1. The lowest BCUT2D eigenvalue weighted by molar-refractivity contribution is -0.115. The summed E-state index contributed by atoms with van der Waals surface area (Å²) < 4.78 is 66.4. The lowest BCUT2D eigenvalue weighted by Crippen LogP contribution is -2.29. The molecule has 0 atom stereocenters. The molecule has 0 bridgehead atoms. The molecule has 2 aromatic carbocycles. The predicted octanol–water partition coefficient (Wildman–Crippen LogP) is 9.89. The predicted molar refractivity (Wildman–Crippen MR) is 188 cm³/mol. The molecular formula is C36H36Cl2F4N4O5. The Bertz CT molecular complexity index is 1990. The van der Waals surface area contributed by atoms with Crippen LogP contribution in [-0.2, 0) is 14.3 Å². The molecule has 0 radical (unpaired) electrons. The van der Waals surface area contributed by atoms with E-state index in [-0.39, 0.29) is 23.1 Å². The molecule has 1 amide bonds. The minimum Gasteiger partial charge on any atom is -0.465 e. The summed E-state index contributed by atoms with van der Waals surface area (Å²) in [5.41, 5.74) is 2.02. The third-order valence-electron chi connectivity index (χ3n) is 7.56. The van der Waals surface area contributed by atoms with E-state index in [0.29, 0.717) is 28.3 Å². The van der Waals surface area contributed by atoms with E-state index in [1.54, 1.807) is 31.5 Å². The molecule has 2 aromatic heterocycles. The van der Waals surface area contributed by atoms with Gasteiger partial charge >= 0.3 is 11.9 Å². The van der Waals surface area contributed by atoms with Crippen LogP contribution in [0, 0.1) is 37.1 Å². The summed E-state index contributed by atoms with van der Waals surface area (Å²) in [6, 6.07) is 5.00. The summed E-state index contributed by atoms with van der Waals surface area (Å²) in [5, 5.41) is 1.33. The quantitative estimate of drug-likeness (QED) is 0.108. The van der Waals surface area contributed by atoms with Crippen LogP contribution in [0.2, 0.25) is 10.0 Å². The summed E-state index contributed by atoms with van der Waals surface area (Å²) in [5.74, 6) is -6.99. The van der Waals surface area contributed by atoms with Crippen molar-refractivity contribution in [3.05, 3.63) is 104 Å². The lowest BCUT2D eigenvalue weighted by atomic mass is 10.0. The van der Waals surface area contributed by atoms with Gasteiger partial charge in [0.1, 0.15) is 27.4 Å². The molecule has 0 fully saturated rings. The van der Waals surface area contributed by atoms with Crippen molar-refractivity contribution in [2.24, 2.45) is 0 Å². The number of rotatable bonds is 8. The number of carbonyl (C=O) groups excluding carboxylic acids is 3. The van der Waals surface area contributed by atoms with Gasteiger partial charge in [-0.25, -0.2) is 27.2 Å². The number of pyridine rings is 2. The normalized spacial score (nSPS) is 10.8. The number of hydrogen-bond acceptors (Lipinski definition) is 8. The molecule has 0 spiro atoms. The number of methoxy groups -OCH3 is 2. The van der Waals surface area contributed by atoms with Gasteiger partial charge in [0.2, 0.25) is 5.91 Å². The number of nitrogens with one attached hydrogen (secondary N) is 1. The van der Waals surface area contributed by atoms with Crippen molar-refractivity contribution in [2.45, 2.75) is 60.3 Å². The maximum absolute atomic E-state index is 15.0. The summed E-state index contributed by atoms with van der Waals surface area (Å²) in [7, 11) is 2.20. The van der Waals surface area contributed by atoms with Gasteiger partial charge in [-0.2, -0.15) is 0 Å². The van der Waals surface area contributed by atoms with Crippen LogP contribution < -0.4 is 10.2 Å².